The van der Waals surface area contributed by atoms with Crippen LogP contribution in [0, 0.1) is 0 Å². The van der Waals surface area contributed by atoms with E-state index in [1.54, 1.807) is 12.1 Å². The standard InChI is InChI=1S/C20H18Cl2F3N3O2/c21-14-8-4-7-13(11-5-2-1-3-6-11)16(14)27-19(30)28-18(29)17-15(22)9-12(10-26-17)20(23,24)25/h4,7-11H,1-3,5-6H2,(H2,27,28,29,30). The second-order valence-electron chi connectivity index (χ2n) is 7.00. The molecule has 2 aromatic rings. The van der Waals surface area contributed by atoms with E-state index in [0.29, 0.717) is 23.0 Å². The minimum Gasteiger partial charge on any atom is -0.306 e. The molecule has 0 radical (unpaired) electrons. The Morgan fingerprint density at radius 3 is 2.40 bits per heavy atom. The van der Waals surface area contributed by atoms with Gasteiger partial charge in [-0.2, -0.15) is 13.2 Å². The molecule has 1 aromatic heterocycles. The molecule has 1 heterocycles. The topological polar surface area (TPSA) is 71.1 Å². The Labute approximate surface area is 181 Å². The van der Waals surface area contributed by atoms with Gasteiger partial charge in [0, 0.05) is 6.20 Å². The first-order chi connectivity index (χ1) is 14.2. The lowest BCUT2D eigenvalue weighted by Gasteiger charge is -2.25. The van der Waals surface area contributed by atoms with Gasteiger partial charge in [-0.25, -0.2) is 9.78 Å². The van der Waals surface area contributed by atoms with Crippen LogP contribution < -0.4 is 10.6 Å². The highest BCUT2D eigenvalue weighted by atomic mass is 35.5. The molecule has 1 fully saturated rings. The molecule has 0 atom stereocenters. The van der Waals surface area contributed by atoms with Gasteiger partial charge < -0.3 is 5.32 Å². The number of anilines is 1. The third-order valence-electron chi connectivity index (χ3n) is 4.94. The third-order valence-corrected chi connectivity index (χ3v) is 5.54. The summed E-state index contributed by atoms with van der Waals surface area (Å²) in [5, 5.41) is 4.41. The van der Waals surface area contributed by atoms with E-state index in [4.69, 9.17) is 23.2 Å². The van der Waals surface area contributed by atoms with E-state index in [0.717, 1.165) is 37.7 Å². The number of rotatable bonds is 3. The molecule has 1 aliphatic carbocycles. The van der Waals surface area contributed by atoms with Crippen molar-refractivity contribution in [3.05, 3.63) is 57.3 Å². The van der Waals surface area contributed by atoms with Gasteiger partial charge in [-0.05, 0) is 36.5 Å². The lowest BCUT2D eigenvalue weighted by atomic mass is 9.83. The summed E-state index contributed by atoms with van der Waals surface area (Å²) in [6, 6.07) is 5.00. The second kappa shape index (κ2) is 9.22. The molecule has 1 aromatic carbocycles. The summed E-state index contributed by atoms with van der Waals surface area (Å²) in [4.78, 5) is 28.1. The lowest BCUT2D eigenvalue weighted by Crippen LogP contribution is -2.35. The average Bonchev–Trinajstić information content (AvgIpc) is 2.69. The minimum atomic E-state index is -4.65. The summed E-state index contributed by atoms with van der Waals surface area (Å²) < 4.78 is 38.1. The normalized spacial score (nSPS) is 15.0. The molecular weight excluding hydrogens is 442 g/mol. The number of aromatic nitrogens is 1. The highest BCUT2D eigenvalue weighted by molar-refractivity contribution is 6.35. The number of carbonyl (C=O) groups is 2. The summed E-state index contributed by atoms with van der Waals surface area (Å²) in [6.07, 6.45) is 1.10. The fraction of sp³-hybridized carbons (Fsp3) is 0.350. The van der Waals surface area contributed by atoms with E-state index in [1.165, 1.54) is 0 Å². The number of urea groups is 1. The molecule has 3 amide bonds. The number of nitrogens with one attached hydrogen (secondary N) is 2. The molecule has 3 rings (SSSR count). The van der Waals surface area contributed by atoms with Crippen LogP contribution in [0.5, 0.6) is 0 Å². The molecular formula is C20H18Cl2F3N3O2. The van der Waals surface area contributed by atoms with Crippen LogP contribution in [0.3, 0.4) is 0 Å². The first-order valence-corrected chi connectivity index (χ1v) is 10.1. The van der Waals surface area contributed by atoms with Crippen molar-refractivity contribution in [1.82, 2.24) is 10.3 Å². The van der Waals surface area contributed by atoms with Gasteiger partial charge in [-0.1, -0.05) is 54.6 Å². The van der Waals surface area contributed by atoms with E-state index in [1.807, 2.05) is 11.4 Å². The first kappa shape index (κ1) is 22.4. The van der Waals surface area contributed by atoms with E-state index in [9.17, 15) is 22.8 Å². The van der Waals surface area contributed by atoms with Gasteiger partial charge >= 0.3 is 12.2 Å². The fourth-order valence-corrected chi connectivity index (χ4v) is 3.97. The van der Waals surface area contributed by atoms with Crippen molar-refractivity contribution in [3.8, 4) is 0 Å². The number of amides is 3. The molecule has 0 unspecified atom stereocenters. The minimum absolute atomic E-state index is 0.245. The highest BCUT2D eigenvalue weighted by Gasteiger charge is 2.32. The summed E-state index contributed by atoms with van der Waals surface area (Å²) in [6.45, 7) is 0. The molecule has 0 aliphatic heterocycles. The summed E-state index contributed by atoms with van der Waals surface area (Å²) >= 11 is 12.0. The van der Waals surface area contributed by atoms with Crippen LogP contribution in [0.15, 0.2) is 30.5 Å². The molecule has 5 nitrogen and oxygen atoms in total. The number of imide groups is 1. The zero-order valence-electron chi connectivity index (χ0n) is 15.7. The maximum atomic E-state index is 12.7. The fourth-order valence-electron chi connectivity index (χ4n) is 3.49. The zero-order valence-corrected chi connectivity index (χ0v) is 17.2. The number of pyridine rings is 1. The third kappa shape index (κ3) is 5.23. The van der Waals surface area contributed by atoms with Crippen molar-refractivity contribution >= 4 is 40.8 Å². The molecule has 160 valence electrons. The largest absolute Gasteiger partial charge is 0.417 e. The summed E-state index contributed by atoms with van der Waals surface area (Å²) in [5.41, 5.74) is -0.300. The smallest absolute Gasteiger partial charge is 0.306 e. The number of hydrogen-bond donors (Lipinski definition) is 2. The maximum absolute atomic E-state index is 12.7. The van der Waals surface area contributed by atoms with Crippen molar-refractivity contribution in [2.45, 2.75) is 44.2 Å². The Bertz CT molecular complexity index is 961. The molecule has 2 N–H and O–H groups in total. The van der Waals surface area contributed by atoms with E-state index < -0.39 is 34.4 Å². The van der Waals surface area contributed by atoms with Gasteiger partial charge in [0.05, 0.1) is 21.3 Å². The van der Waals surface area contributed by atoms with Gasteiger partial charge in [0.25, 0.3) is 5.91 Å². The highest BCUT2D eigenvalue weighted by Crippen LogP contribution is 2.39. The molecule has 1 aliphatic rings. The van der Waals surface area contributed by atoms with Crippen LogP contribution in [0.25, 0.3) is 0 Å². The molecule has 1 saturated carbocycles. The molecule has 0 saturated heterocycles. The van der Waals surface area contributed by atoms with Crippen LogP contribution in [-0.2, 0) is 6.18 Å². The monoisotopic (exact) mass is 459 g/mol. The quantitative estimate of drug-likeness (QED) is 0.556. The molecule has 30 heavy (non-hydrogen) atoms. The average molecular weight is 460 g/mol. The van der Waals surface area contributed by atoms with Crippen molar-refractivity contribution in [3.63, 3.8) is 0 Å². The predicted molar refractivity (Wildman–Crippen MR) is 108 cm³/mol. The van der Waals surface area contributed by atoms with Crippen molar-refractivity contribution in [2.75, 3.05) is 5.32 Å². The Kier molecular flexibility index (Phi) is 6.88. The van der Waals surface area contributed by atoms with Gasteiger partial charge in [-0.15, -0.1) is 0 Å². The number of carbonyl (C=O) groups excluding carboxylic acids is 2. The number of hydrogen-bond acceptors (Lipinski definition) is 3. The van der Waals surface area contributed by atoms with E-state index in [2.05, 4.69) is 10.3 Å². The Morgan fingerprint density at radius 1 is 1.07 bits per heavy atom. The Hall–Kier alpha value is -2.32. The molecule has 10 heteroatoms. The zero-order chi connectivity index (χ0) is 21.9. The number of halogens is 5. The van der Waals surface area contributed by atoms with Crippen LogP contribution in [0.1, 0.15) is 59.6 Å². The molecule has 0 spiro atoms. The number of alkyl halides is 3. The van der Waals surface area contributed by atoms with Gasteiger partial charge in [0.2, 0.25) is 0 Å². The van der Waals surface area contributed by atoms with Crippen molar-refractivity contribution in [1.29, 1.82) is 0 Å². The Morgan fingerprint density at radius 2 is 1.77 bits per heavy atom. The van der Waals surface area contributed by atoms with Crippen molar-refractivity contribution < 1.29 is 22.8 Å². The lowest BCUT2D eigenvalue weighted by molar-refractivity contribution is -0.137. The summed E-state index contributed by atoms with van der Waals surface area (Å²) in [7, 11) is 0. The molecule has 0 bridgehead atoms. The van der Waals surface area contributed by atoms with Gasteiger partial charge in [0.1, 0.15) is 5.69 Å². The number of para-hydroxylation sites is 1. The van der Waals surface area contributed by atoms with E-state index >= 15 is 0 Å². The second-order valence-corrected chi connectivity index (χ2v) is 7.81. The Balaban J connectivity index is 1.74. The van der Waals surface area contributed by atoms with E-state index in [-0.39, 0.29) is 5.92 Å². The predicted octanol–water partition coefficient (Wildman–Crippen LogP) is 6.42. The summed E-state index contributed by atoms with van der Waals surface area (Å²) in [5.74, 6) is -0.785. The van der Waals surface area contributed by atoms with Crippen LogP contribution in [0.2, 0.25) is 10.0 Å². The van der Waals surface area contributed by atoms with Gasteiger partial charge in [0.15, 0.2) is 0 Å². The number of benzene rings is 1. The van der Waals surface area contributed by atoms with Crippen LogP contribution in [0.4, 0.5) is 23.7 Å². The van der Waals surface area contributed by atoms with Gasteiger partial charge in [-0.3, -0.25) is 10.1 Å². The number of nitrogens with zero attached hydrogens (tertiary/aromatic N) is 1. The SMILES string of the molecule is O=C(NC(=O)c1ncc(C(F)(F)F)cc1Cl)Nc1c(Cl)cccc1C1CCCCC1. The maximum Gasteiger partial charge on any atom is 0.417 e. The van der Waals surface area contributed by atoms with Crippen molar-refractivity contribution in [2.24, 2.45) is 0 Å². The first-order valence-electron chi connectivity index (χ1n) is 9.30. The van der Waals surface area contributed by atoms with Crippen LogP contribution in [-0.4, -0.2) is 16.9 Å². The van der Waals surface area contributed by atoms with Crippen LogP contribution >= 0.6 is 23.2 Å².